The van der Waals surface area contributed by atoms with Crippen molar-refractivity contribution < 1.29 is 27.9 Å². The zero-order chi connectivity index (χ0) is 17.6. The maximum Gasteiger partial charge on any atom is 0.341 e. The van der Waals surface area contributed by atoms with Crippen LogP contribution in [0.2, 0.25) is 0 Å². The quantitative estimate of drug-likeness (QED) is 0.753. The lowest BCUT2D eigenvalue weighted by Gasteiger charge is -2.18. The Kier molecular flexibility index (Phi) is 6.56. The summed E-state index contributed by atoms with van der Waals surface area (Å²) in [5.41, 5.74) is 0.783. The standard InChI is InChI=1S/C15H21NO6S/c1-11(2)23(20,21)10-14(17)16(3)8-12-4-6-13(7-5-12)22-9-15(18)19/h4-7,11H,8-10H2,1-3H3,(H,18,19). The van der Waals surface area contributed by atoms with Gasteiger partial charge in [0, 0.05) is 13.6 Å². The first-order chi connectivity index (χ1) is 10.6. The molecule has 0 bridgehead atoms. The Morgan fingerprint density at radius 2 is 1.78 bits per heavy atom. The molecular formula is C15H21NO6S. The molecule has 0 spiro atoms. The summed E-state index contributed by atoms with van der Waals surface area (Å²) in [5.74, 6) is -1.63. The first-order valence-corrected chi connectivity index (χ1v) is 8.72. The lowest BCUT2D eigenvalue weighted by atomic mass is 10.2. The average Bonchev–Trinajstić information content (AvgIpc) is 2.45. The van der Waals surface area contributed by atoms with Gasteiger partial charge in [0.25, 0.3) is 0 Å². The molecule has 0 saturated heterocycles. The Hall–Kier alpha value is -2.09. The molecule has 1 N–H and O–H groups in total. The van der Waals surface area contributed by atoms with E-state index >= 15 is 0 Å². The third-order valence-corrected chi connectivity index (χ3v) is 5.26. The predicted octanol–water partition coefficient (Wildman–Crippen LogP) is 0.932. The molecule has 0 heterocycles. The molecule has 1 amide bonds. The fraction of sp³-hybridized carbons (Fsp3) is 0.467. The van der Waals surface area contributed by atoms with E-state index in [0.717, 1.165) is 5.56 Å². The molecule has 0 atom stereocenters. The molecule has 1 aromatic rings. The Bertz CT molecular complexity index is 651. The van der Waals surface area contributed by atoms with E-state index in [1.54, 1.807) is 38.1 Å². The maximum atomic E-state index is 12.0. The van der Waals surface area contributed by atoms with E-state index in [1.807, 2.05) is 0 Å². The van der Waals surface area contributed by atoms with Crippen molar-refractivity contribution in [1.82, 2.24) is 4.90 Å². The highest BCUT2D eigenvalue weighted by Crippen LogP contribution is 2.14. The minimum Gasteiger partial charge on any atom is -0.482 e. The number of hydrogen-bond acceptors (Lipinski definition) is 5. The third-order valence-electron chi connectivity index (χ3n) is 3.17. The van der Waals surface area contributed by atoms with Crippen LogP contribution in [-0.2, 0) is 26.0 Å². The normalized spacial score (nSPS) is 11.3. The highest BCUT2D eigenvalue weighted by Gasteiger charge is 2.22. The Balaban J connectivity index is 2.61. The molecule has 1 aromatic carbocycles. The third kappa shape index (κ3) is 6.27. The van der Waals surface area contributed by atoms with Gasteiger partial charge in [-0.25, -0.2) is 13.2 Å². The number of aliphatic carboxylic acids is 1. The van der Waals surface area contributed by atoms with Crippen molar-refractivity contribution in [3.8, 4) is 5.75 Å². The van der Waals surface area contributed by atoms with Gasteiger partial charge >= 0.3 is 5.97 Å². The van der Waals surface area contributed by atoms with Crippen LogP contribution in [0.4, 0.5) is 0 Å². The fourth-order valence-corrected chi connectivity index (χ4v) is 2.55. The highest BCUT2D eigenvalue weighted by molar-refractivity contribution is 7.92. The van der Waals surface area contributed by atoms with Crippen molar-refractivity contribution in [3.63, 3.8) is 0 Å². The first-order valence-electron chi connectivity index (χ1n) is 7.01. The monoisotopic (exact) mass is 343 g/mol. The number of rotatable bonds is 8. The van der Waals surface area contributed by atoms with Gasteiger partial charge in [-0.1, -0.05) is 12.1 Å². The molecule has 0 fully saturated rings. The van der Waals surface area contributed by atoms with Gasteiger partial charge in [0.05, 0.1) is 5.25 Å². The van der Waals surface area contributed by atoms with Crippen molar-refractivity contribution in [1.29, 1.82) is 0 Å². The second-order valence-electron chi connectivity index (χ2n) is 5.43. The minimum absolute atomic E-state index is 0.256. The topological polar surface area (TPSA) is 101 Å². The fourth-order valence-electron chi connectivity index (χ4n) is 1.65. The Morgan fingerprint density at radius 1 is 1.22 bits per heavy atom. The van der Waals surface area contributed by atoms with Crippen LogP contribution < -0.4 is 4.74 Å². The van der Waals surface area contributed by atoms with Crippen LogP contribution >= 0.6 is 0 Å². The summed E-state index contributed by atoms with van der Waals surface area (Å²) >= 11 is 0. The number of carboxylic acids is 1. The predicted molar refractivity (Wildman–Crippen MR) is 85.0 cm³/mol. The summed E-state index contributed by atoms with van der Waals surface area (Å²) in [4.78, 5) is 23.7. The Labute approximate surface area is 135 Å². The van der Waals surface area contributed by atoms with Crippen LogP contribution in [0.25, 0.3) is 0 Å². The highest BCUT2D eigenvalue weighted by atomic mass is 32.2. The Morgan fingerprint density at radius 3 is 2.26 bits per heavy atom. The van der Waals surface area contributed by atoms with E-state index in [9.17, 15) is 18.0 Å². The average molecular weight is 343 g/mol. The van der Waals surface area contributed by atoms with Crippen molar-refractivity contribution in [3.05, 3.63) is 29.8 Å². The number of ether oxygens (including phenoxy) is 1. The summed E-state index contributed by atoms with van der Waals surface area (Å²) < 4.78 is 28.5. The van der Waals surface area contributed by atoms with Gasteiger partial charge in [-0.15, -0.1) is 0 Å². The van der Waals surface area contributed by atoms with E-state index < -0.39 is 39.3 Å². The molecule has 0 aliphatic heterocycles. The van der Waals surface area contributed by atoms with Crippen LogP contribution in [-0.4, -0.2) is 55.0 Å². The molecule has 0 saturated carbocycles. The molecule has 0 radical (unpaired) electrons. The van der Waals surface area contributed by atoms with Gasteiger partial charge in [-0.2, -0.15) is 0 Å². The second-order valence-corrected chi connectivity index (χ2v) is 7.99. The lowest BCUT2D eigenvalue weighted by Crippen LogP contribution is -2.34. The second kappa shape index (κ2) is 7.96. The summed E-state index contributed by atoms with van der Waals surface area (Å²) in [7, 11) is -1.89. The largest absolute Gasteiger partial charge is 0.482 e. The number of nitrogens with zero attached hydrogens (tertiary/aromatic N) is 1. The number of benzene rings is 1. The van der Waals surface area contributed by atoms with Crippen molar-refractivity contribution in [2.24, 2.45) is 0 Å². The van der Waals surface area contributed by atoms with E-state index in [2.05, 4.69) is 0 Å². The number of carboxylic acid groups (broad SMARTS) is 1. The van der Waals surface area contributed by atoms with E-state index in [0.29, 0.717) is 5.75 Å². The van der Waals surface area contributed by atoms with Gasteiger partial charge in [0.2, 0.25) is 5.91 Å². The molecule has 0 aliphatic rings. The molecule has 8 heteroatoms. The molecule has 128 valence electrons. The maximum absolute atomic E-state index is 12.0. The smallest absolute Gasteiger partial charge is 0.341 e. The first kappa shape index (κ1) is 19.0. The van der Waals surface area contributed by atoms with Crippen molar-refractivity contribution in [2.45, 2.75) is 25.6 Å². The summed E-state index contributed by atoms with van der Waals surface area (Å²) in [5, 5.41) is 7.93. The van der Waals surface area contributed by atoms with Gasteiger partial charge in [-0.3, -0.25) is 4.79 Å². The van der Waals surface area contributed by atoms with Gasteiger partial charge < -0.3 is 14.7 Å². The van der Waals surface area contributed by atoms with Crippen LogP contribution in [0.15, 0.2) is 24.3 Å². The minimum atomic E-state index is -3.42. The van der Waals surface area contributed by atoms with Crippen molar-refractivity contribution >= 4 is 21.7 Å². The van der Waals surface area contributed by atoms with Crippen LogP contribution in [0.5, 0.6) is 5.75 Å². The number of amides is 1. The van der Waals surface area contributed by atoms with Crippen LogP contribution in [0.1, 0.15) is 19.4 Å². The summed E-state index contributed by atoms with van der Waals surface area (Å²) in [6.07, 6.45) is 0. The van der Waals surface area contributed by atoms with Crippen LogP contribution in [0.3, 0.4) is 0 Å². The molecule has 0 unspecified atom stereocenters. The van der Waals surface area contributed by atoms with Gasteiger partial charge in [-0.05, 0) is 31.5 Å². The SMILES string of the molecule is CC(C)S(=O)(=O)CC(=O)N(C)Cc1ccc(OCC(=O)O)cc1. The van der Waals surface area contributed by atoms with E-state index in [-0.39, 0.29) is 6.54 Å². The molecule has 23 heavy (non-hydrogen) atoms. The number of carbonyl (C=O) groups excluding carboxylic acids is 1. The molecule has 0 aliphatic carbocycles. The zero-order valence-electron chi connectivity index (χ0n) is 13.4. The van der Waals surface area contributed by atoms with Crippen LogP contribution in [0, 0.1) is 0 Å². The number of sulfone groups is 1. The lowest BCUT2D eigenvalue weighted by molar-refractivity contribution is -0.139. The van der Waals surface area contributed by atoms with Gasteiger partial charge in [0.1, 0.15) is 11.5 Å². The molecule has 0 aromatic heterocycles. The summed E-state index contributed by atoms with van der Waals surface area (Å²) in [6, 6.07) is 6.58. The molecule has 1 rings (SSSR count). The van der Waals surface area contributed by atoms with E-state index in [4.69, 9.17) is 9.84 Å². The number of hydrogen-bond donors (Lipinski definition) is 1. The van der Waals surface area contributed by atoms with E-state index in [1.165, 1.54) is 11.9 Å². The summed E-state index contributed by atoms with van der Waals surface area (Å²) in [6.45, 7) is 2.91. The number of carbonyl (C=O) groups is 2. The van der Waals surface area contributed by atoms with Gasteiger partial charge in [0.15, 0.2) is 16.4 Å². The van der Waals surface area contributed by atoms with Crippen molar-refractivity contribution in [2.75, 3.05) is 19.4 Å². The zero-order valence-corrected chi connectivity index (χ0v) is 14.2. The molecule has 7 nitrogen and oxygen atoms in total. The molecular weight excluding hydrogens is 322 g/mol.